The van der Waals surface area contributed by atoms with E-state index < -0.39 is 21.9 Å². The molecule has 41 heavy (non-hydrogen) atoms. The molecule has 9 heteroatoms. The first-order valence-corrected chi connectivity index (χ1v) is 15.8. The lowest BCUT2D eigenvalue weighted by Crippen LogP contribution is -2.50. The van der Waals surface area contributed by atoms with Gasteiger partial charge in [0.25, 0.3) is 0 Å². The maximum Gasteiger partial charge on any atom is 0.243 e. The highest BCUT2D eigenvalue weighted by molar-refractivity contribution is 7.92. The highest BCUT2D eigenvalue weighted by atomic mass is 32.2. The number of anilines is 1. The van der Waals surface area contributed by atoms with Gasteiger partial charge in [-0.15, -0.1) is 0 Å². The minimum absolute atomic E-state index is 0.0140. The van der Waals surface area contributed by atoms with E-state index >= 15 is 0 Å². The van der Waals surface area contributed by atoms with Gasteiger partial charge in [0.1, 0.15) is 11.9 Å². The van der Waals surface area contributed by atoms with Gasteiger partial charge < -0.3 is 10.2 Å². The molecule has 0 radical (unpaired) electrons. The largest absolute Gasteiger partial charge is 0.354 e. The predicted molar refractivity (Wildman–Crippen MR) is 161 cm³/mol. The summed E-state index contributed by atoms with van der Waals surface area (Å²) in [4.78, 5) is 28.9. The van der Waals surface area contributed by atoms with Gasteiger partial charge in [0.2, 0.25) is 21.8 Å². The van der Waals surface area contributed by atoms with Crippen LogP contribution in [0.15, 0.2) is 78.9 Å². The molecule has 2 amide bonds. The monoisotopic (exact) mass is 581 g/mol. The van der Waals surface area contributed by atoms with E-state index in [-0.39, 0.29) is 43.4 Å². The number of para-hydroxylation sites is 1. The Bertz CT molecular complexity index is 1380. The van der Waals surface area contributed by atoms with Gasteiger partial charge in [0.15, 0.2) is 0 Å². The molecular formula is C32H40FN3O4S. The summed E-state index contributed by atoms with van der Waals surface area (Å²) in [5.41, 5.74) is 2.83. The second kappa shape index (κ2) is 15.3. The predicted octanol–water partition coefficient (Wildman–Crippen LogP) is 5.24. The van der Waals surface area contributed by atoms with Crippen LogP contribution in [-0.4, -0.2) is 50.5 Å². The van der Waals surface area contributed by atoms with Crippen molar-refractivity contribution in [2.45, 2.75) is 58.5 Å². The minimum Gasteiger partial charge on any atom is -0.354 e. The number of sulfonamides is 1. The number of hydrogen-bond acceptors (Lipinski definition) is 4. The summed E-state index contributed by atoms with van der Waals surface area (Å²) in [7, 11) is -3.79. The molecule has 0 fully saturated rings. The van der Waals surface area contributed by atoms with Crippen LogP contribution in [-0.2, 0) is 32.6 Å². The second-order valence-electron chi connectivity index (χ2n) is 10.2. The zero-order valence-corrected chi connectivity index (χ0v) is 24.9. The number of hydrogen-bond donors (Lipinski definition) is 1. The molecule has 0 heterocycles. The van der Waals surface area contributed by atoms with Crippen LogP contribution >= 0.6 is 0 Å². The smallest absolute Gasteiger partial charge is 0.243 e. The van der Waals surface area contributed by atoms with Crippen molar-refractivity contribution in [3.63, 3.8) is 0 Å². The molecule has 0 saturated carbocycles. The third-order valence-electron chi connectivity index (χ3n) is 6.85. The fourth-order valence-electron chi connectivity index (χ4n) is 4.59. The summed E-state index contributed by atoms with van der Waals surface area (Å²) < 4.78 is 40.4. The first-order chi connectivity index (χ1) is 19.6. The van der Waals surface area contributed by atoms with E-state index in [2.05, 4.69) is 5.32 Å². The summed E-state index contributed by atoms with van der Waals surface area (Å²) in [5.74, 6) is -1.16. The third-order valence-corrected chi connectivity index (χ3v) is 8.03. The van der Waals surface area contributed by atoms with Gasteiger partial charge in [-0.3, -0.25) is 13.9 Å². The number of carbonyl (C=O) groups is 2. The Hall–Kier alpha value is -3.72. The van der Waals surface area contributed by atoms with Crippen LogP contribution in [0.3, 0.4) is 0 Å². The molecule has 1 N–H and O–H groups in total. The molecule has 1 atom stereocenters. The molecule has 0 aliphatic carbocycles. The molecule has 3 aromatic rings. The van der Waals surface area contributed by atoms with Crippen molar-refractivity contribution in [2.24, 2.45) is 0 Å². The van der Waals surface area contributed by atoms with Crippen LogP contribution in [0.25, 0.3) is 0 Å². The molecule has 0 saturated heterocycles. The van der Waals surface area contributed by atoms with Crippen LogP contribution in [0.4, 0.5) is 10.1 Å². The molecule has 0 bridgehead atoms. The maximum atomic E-state index is 14.5. The Morgan fingerprint density at radius 2 is 1.56 bits per heavy atom. The van der Waals surface area contributed by atoms with Crippen LogP contribution in [0, 0.1) is 12.7 Å². The number of benzene rings is 3. The average molecular weight is 582 g/mol. The van der Waals surface area contributed by atoms with Gasteiger partial charge in [0, 0.05) is 32.5 Å². The number of aryl methyl sites for hydroxylation is 1. The average Bonchev–Trinajstić information content (AvgIpc) is 2.94. The molecule has 0 aliphatic rings. The van der Waals surface area contributed by atoms with Crippen LogP contribution in [0.1, 0.15) is 49.3 Å². The number of unbranched alkanes of at least 4 members (excludes halogenated alkanes) is 1. The van der Waals surface area contributed by atoms with Gasteiger partial charge in [-0.25, -0.2) is 12.8 Å². The summed E-state index contributed by atoms with van der Waals surface area (Å²) in [6.45, 7) is 4.69. The van der Waals surface area contributed by atoms with E-state index in [9.17, 15) is 22.4 Å². The van der Waals surface area contributed by atoms with Crippen molar-refractivity contribution in [3.8, 4) is 0 Å². The molecule has 1 unspecified atom stereocenters. The zero-order chi connectivity index (χ0) is 29.8. The first kappa shape index (κ1) is 31.8. The fraction of sp³-hybridized carbons (Fsp3) is 0.375. The molecule has 7 nitrogen and oxygen atoms in total. The second-order valence-corrected chi connectivity index (χ2v) is 12.2. The van der Waals surface area contributed by atoms with Crippen molar-refractivity contribution in [2.75, 3.05) is 23.7 Å². The number of rotatable bonds is 15. The lowest BCUT2D eigenvalue weighted by molar-refractivity contribution is -0.141. The Morgan fingerprint density at radius 3 is 2.20 bits per heavy atom. The Labute approximate surface area is 243 Å². The Balaban J connectivity index is 1.87. The van der Waals surface area contributed by atoms with Crippen LogP contribution in [0.5, 0.6) is 0 Å². The molecule has 220 valence electrons. The van der Waals surface area contributed by atoms with Crippen molar-refractivity contribution < 1.29 is 22.4 Å². The molecule has 0 spiro atoms. The van der Waals surface area contributed by atoms with E-state index in [0.717, 1.165) is 40.1 Å². The Morgan fingerprint density at radius 1 is 0.902 bits per heavy atom. The number of halogens is 1. The molecular weight excluding hydrogens is 541 g/mol. The lowest BCUT2D eigenvalue weighted by atomic mass is 10.0. The first-order valence-electron chi connectivity index (χ1n) is 14.0. The molecule has 0 aliphatic heterocycles. The molecule has 3 aromatic carbocycles. The highest BCUT2D eigenvalue weighted by Gasteiger charge is 2.30. The SMILES string of the molecule is CCCCNC(=O)C(Cc1ccccc1)N(Cc1ccc(C)cc1)C(=O)CCCN(c1ccccc1F)S(C)(=O)=O. The van der Waals surface area contributed by atoms with E-state index in [1.54, 1.807) is 11.0 Å². The van der Waals surface area contributed by atoms with Crippen LogP contribution < -0.4 is 9.62 Å². The van der Waals surface area contributed by atoms with Crippen LogP contribution in [0.2, 0.25) is 0 Å². The van der Waals surface area contributed by atoms with E-state index in [1.807, 2.05) is 68.4 Å². The summed E-state index contributed by atoms with van der Waals surface area (Å²) in [6, 6.07) is 22.3. The quantitative estimate of drug-likeness (QED) is 0.249. The van der Waals surface area contributed by atoms with E-state index in [0.29, 0.717) is 13.0 Å². The van der Waals surface area contributed by atoms with E-state index in [4.69, 9.17) is 0 Å². The van der Waals surface area contributed by atoms with Gasteiger partial charge in [-0.05, 0) is 43.0 Å². The number of nitrogens with one attached hydrogen (secondary N) is 1. The maximum absolute atomic E-state index is 14.5. The van der Waals surface area contributed by atoms with Crippen molar-refractivity contribution in [1.29, 1.82) is 0 Å². The highest BCUT2D eigenvalue weighted by Crippen LogP contribution is 2.23. The number of nitrogens with zero attached hydrogens (tertiary/aromatic N) is 2. The van der Waals surface area contributed by atoms with Gasteiger partial charge in [-0.1, -0.05) is 85.6 Å². The topological polar surface area (TPSA) is 86.8 Å². The number of amides is 2. The normalized spacial score (nSPS) is 12.0. The van der Waals surface area contributed by atoms with Crippen molar-refractivity contribution >= 4 is 27.5 Å². The standard InChI is InChI=1S/C32H40FN3O4S/c1-4-5-21-34-32(38)30(23-26-12-7-6-8-13-26)35(24-27-19-17-25(2)18-20-27)31(37)16-11-22-36(41(3,39)40)29-15-10-9-14-28(29)33/h6-10,12-15,17-20,30H,4-5,11,16,21-24H2,1-3H3,(H,34,38). The lowest BCUT2D eigenvalue weighted by Gasteiger charge is -2.32. The molecule has 3 rings (SSSR count). The fourth-order valence-corrected chi connectivity index (χ4v) is 5.55. The van der Waals surface area contributed by atoms with Gasteiger partial charge in [-0.2, -0.15) is 0 Å². The Kier molecular flexibility index (Phi) is 11.9. The molecule has 0 aromatic heterocycles. The van der Waals surface area contributed by atoms with E-state index in [1.165, 1.54) is 18.2 Å². The minimum atomic E-state index is -3.79. The zero-order valence-electron chi connectivity index (χ0n) is 24.1. The summed E-state index contributed by atoms with van der Waals surface area (Å²) in [6.07, 6.45) is 3.24. The van der Waals surface area contributed by atoms with Crippen molar-refractivity contribution in [1.82, 2.24) is 10.2 Å². The summed E-state index contributed by atoms with van der Waals surface area (Å²) >= 11 is 0. The van der Waals surface area contributed by atoms with Crippen molar-refractivity contribution in [3.05, 3.63) is 101 Å². The van der Waals surface area contributed by atoms with Gasteiger partial charge >= 0.3 is 0 Å². The third kappa shape index (κ3) is 9.70. The summed E-state index contributed by atoms with van der Waals surface area (Å²) in [5, 5.41) is 2.99. The number of carbonyl (C=O) groups excluding carboxylic acids is 2. The van der Waals surface area contributed by atoms with Gasteiger partial charge in [0.05, 0.1) is 11.9 Å².